The fraction of sp³-hybridized carbons (Fsp3) is 0.312. The van der Waals surface area contributed by atoms with Gasteiger partial charge in [0.2, 0.25) is 10.0 Å². The van der Waals surface area contributed by atoms with Gasteiger partial charge in [-0.2, -0.15) is 9.29 Å². The molecule has 0 atom stereocenters. The van der Waals surface area contributed by atoms with Crippen molar-refractivity contribution in [3.05, 3.63) is 48.1 Å². The highest BCUT2D eigenvalue weighted by Gasteiger charge is 2.24. The highest BCUT2D eigenvalue weighted by Crippen LogP contribution is 2.24. The van der Waals surface area contributed by atoms with Gasteiger partial charge in [-0.1, -0.05) is 16.4 Å². The van der Waals surface area contributed by atoms with E-state index in [1.54, 1.807) is 31.3 Å². The molecule has 9 heteroatoms. The van der Waals surface area contributed by atoms with Crippen molar-refractivity contribution in [1.82, 2.24) is 19.6 Å². The zero-order chi connectivity index (χ0) is 18.0. The summed E-state index contributed by atoms with van der Waals surface area (Å²) in [6, 6.07) is 8.01. The van der Waals surface area contributed by atoms with Crippen molar-refractivity contribution < 1.29 is 17.5 Å². The van der Waals surface area contributed by atoms with Crippen LogP contribution < -0.4 is 0 Å². The summed E-state index contributed by atoms with van der Waals surface area (Å²) in [5, 5.41) is 7.51. The lowest BCUT2D eigenvalue weighted by atomic mass is 10.2. The zero-order valence-electron chi connectivity index (χ0n) is 14.1. The average molecular weight is 362 g/mol. The standard InChI is InChI=1S/C16H18N4O4S/c1-11(2)20(3)25(21,22)14-6-4-5-12(9-14)16-18-15(19-24-16)10-13-7-8-17-23-13/h4-9,11H,10H2,1-3H3. The summed E-state index contributed by atoms with van der Waals surface area (Å²) >= 11 is 0. The first kappa shape index (κ1) is 17.3. The number of benzene rings is 1. The molecule has 0 aliphatic heterocycles. The highest BCUT2D eigenvalue weighted by atomic mass is 32.2. The predicted octanol–water partition coefficient (Wildman–Crippen LogP) is 2.34. The Labute approximate surface area is 145 Å². The number of aromatic nitrogens is 3. The molecule has 3 rings (SSSR count). The molecule has 0 radical (unpaired) electrons. The van der Waals surface area contributed by atoms with Crippen LogP contribution in [0.4, 0.5) is 0 Å². The quantitative estimate of drug-likeness (QED) is 0.663. The van der Waals surface area contributed by atoms with E-state index >= 15 is 0 Å². The Bertz CT molecular complexity index is 948. The molecular formula is C16H18N4O4S. The molecule has 8 nitrogen and oxygen atoms in total. The average Bonchev–Trinajstić information content (AvgIpc) is 3.26. The van der Waals surface area contributed by atoms with Crippen LogP contribution in [-0.2, 0) is 16.4 Å². The Morgan fingerprint density at radius 2 is 2.00 bits per heavy atom. The summed E-state index contributed by atoms with van der Waals surface area (Å²) in [4.78, 5) is 4.46. The van der Waals surface area contributed by atoms with Crippen molar-refractivity contribution in [3.8, 4) is 11.5 Å². The maximum atomic E-state index is 12.6. The molecule has 0 bridgehead atoms. The molecule has 0 saturated carbocycles. The molecule has 0 aliphatic rings. The molecule has 2 aromatic heterocycles. The number of sulfonamides is 1. The molecule has 3 aromatic rings. The second kappa shape index (κ2) is 6.77. The van der Waals surface area contributed by atoms with Crippen LogP contribution in [0.25, 0.3) is 11.5 Å². The van der Waals surface area contributed by atoms with E-state index in [4.69, 9.17) is 9.05 Å². The van der Waals surface area contributed by atoms with Crippen LogP contribution in [0.2, 0.25) is 0 Å². The van der Waals surface area contributed by atoms with Crippen LogP contribution in [0.5, 0.6) is 0 Å². The molecule has 2 heterocycles. The van der Waals surface area contributed by atoms with Gasteiger partial charge in [0.1, 0.15) is 5.76 Å². The fourth-order valence-electron chi connectivity index (χ4n) is 2.17. The summed E-state index contributed by atoms with van der Waals surface area (Å²) in [5.74, 6) is 1.29. The molecule has 0 unspecified atom stereocenters. The maximum absolute atomic E-state index is 12.6. The second-order valence-corrected chi connectivity index (χ2v) is 7.81. The Hall–Kier alpha value is -2.52. The topological polar surface area (TPSA) is 102 Å². The van der Waals surface area contributed by atoms with E-state index in [0.29, 0.717) is 23.6 Å². The second-order valence-electron chi connectivity index (χ2n) is 5.81. The van der Waals surface area contributed by atoms with Crippen molar-refractivity contribution in [1.29, 1.82) is 0 Å². The van der Waals surface area contributed by atoms with Crippen molar-refractivity contribution in [3.63, 3.8) is 0 Å². The van der Waals surface area contributed by atoms with Gasteiger partial charge < -0.3 is 9.05 Å². The van der Waals surface area contributed by atoms with E-state index in [0.717, 1.165) is 0 Å². The van der Waals surface area contributed by atoms with Crippen LogP contribution in [0.3, 0.4) is 0 Å². The molecule has 0 aliphatic carbocycles. The Morgan fingerprint density at radius 3 is 2.68 bits per heavy atom. The van der Waals surface area contributed by atoms with E-state index < -0.39 is 10.0 Å². The van der Waals surface area contributed by atoms with Gasteiger partial charge in [-0.05, 0) is 32.0 Å². The molecule has 0 fully saturated rings. The third kappa shape index (κ3) is 3.62. The first-order valence-corrected chi connectivity index (χ1v) is 9.12. The molecular weight excluding hydrogens is 344 g/mol. The third-order valence-corrected chi connectivity index (χ3v) is 5.81. The molecule has 0 spiro atoms. The smallest absolute Gasteiger partial charge is 0.257 e. The van der Waals surface area contributed by atoms with Gasteiger partial charge in [0.15, 0.2) is 5.82 Å². The lowest BCUT2D eigenvalue weighted by Crippen LogP contribution is -2.33. The molecule has 1 aromatic carbocycles. The summed E-state index contributed by atoms with van der Waals surface area (Å²) < 4.78 is 36.8. The normalized spacial score (nSPS) is 12.2. The van der Waals surface area contributed by atoms with E-state index in [9.17, 15) is 8.42 Å². The highest BCUT2D eigenvalue weighted by molar-refractivity contribution is 7.89. The van der Waals surface area contributed by atoms with Crippen molar-refractivity contribution >= 4 is 10.0 Å². The summed E-state index contributed by atoms with van der Waals surface area (Å²) in [7, 11) is -2.03. The summed E-state index contributed by atoms with van der Waals surface area (Å²) in [6.45, 7) is 3.63. The first-order chi connectivity index (χ1) is 11.9. The maximum Gasteiger partial charge on any atom is 0.257 e. The van der Waals surface area contributed by atoms with Gasteiger partial charge >= 0.3 is 0 Å². The minimum atomic E-state index is -3.58. The van der Waals surface area contributed by atoms with E-state index in [1.807, 2.05) is 13.8 Å². The third-order valence-electron chi connectivity index (χ3n) is 3.78. The van der Waals surface area contributed by atoms with Gasteiger partial charge in [0.05, 0.1) is 17.5 Å². The van der Waals surface area contributed by atoms with E-state index in [1.165, 1.54) is 16.6 Å². The van der Waals surface area contributed by atoms with Crippen LogP contribution in [0.15, 0.2) is 50.5 Å². The molecule has 132 valence electrons. The van der Waals surface area contributed by atoms with Gasteiger partial charge in [-0.25, -0.2) is 8.42 Å². The molecule has 25 heavy (non-hydrogen) atoms. The number of rotatable bonds is 6. The number of hydrogen-bond donors (Lipinski definition) is 0. The van der Waals surface area contributed by atoms with Crippen molar-refractivity contribution in [2.75, 3.05) is 7.05 Å². The monoisotopic (exact) mass is 362 g/mol. The minimum absolute atomic E-state index is 0.148. The molecule has 0 saturated heterocycles. The van der Waals surface area contributed by atoms with Gasteiger partial charge in [-0.3, -0.25) is 0 Å². The largest absolute Gasteiger partial charge is 0.361 e. The van der Waals surface area contributed by atoms with Crippen molar-refractivity contribution in [2.24, 2.45) is 0 Å². The van der Waals surface area contributed by atoms with Gasteiger partial charge in [0.25, 0.3) is 5.89 Å². The SMILES string of the molecule is CC(C)N(C)S(=O)(=O)c1cccc(-c2nc(Cc3ccno3)no2)c1. The van der Waals surface area contributed by atoms with Gasteiger partial charge in [0, 0.05) is 24.7 Å². The van der Waals surface area contributed by atoms with E-state index in [2.05, 4.69) is 15.3 Å². The Kier molecular flexibility index (Phi) is 4.69. The molecule has 0 amide bonds. The Morgan fingerprint density at radius 1 is 1.20 bits per heavy atom. The minimum Gasteiger partial charge on any atom is -0.361 e. The van der Waals surface area contributed by atoms with Gasteiger partial charge in [-0.15, -0.1) is 0 Å². The lowest BCUT2D eigenvalue weighted by molar-refractivity contribution is 0.382. The number of hydrogen-bond acceptors (Lipinski definition) is 7. The van der Waals surface area contributed by atoms with Crippen LogP contribution in [-0.4, -0.2) is 41.1 Å². The predicted molar refractivity (Wildman–Crippen MR) is 89.1 cm³/mol. The van der Waals surface area contributed by atoms with E-state index in [-0.39, 0.29) is 16.8 Å². The van der Waals surface area contributed by atoms with Crippen molar-refractivity contribution in [2.45, 2.75) is 31.2 Å². The lowest BCUT2D eigenvalue weighted by Gasteiger charge is -2.21. The first-order valence-electron chi connectivity index (χ1n) is 7.68. The zero-order valence-corrected chi connectivity index (χ0v) is 14.9. The van der Waals surface area contributed by atoms with Crippen LogP contribution >= 0.6 is 0 Å². The summed E-state index contributed by atoms with van der Waals surface area (Å²) in [5.41, 5.74) is 0.537. The summed E-state index contributed by atoms with van der Waals surface area (Å²) in [6.07, 6.45) is 1.88. The Balaban J connectivity index is 1.88. The fourth-order valence-corrected chi connectivity index (χ4v) is 3.58. The molecule has 0 N–H and O–H groups in total. The van der Waals surface area contributed by atoms with Crippen LogP contribution in [0.1, 0.15) is 25.4 Å². The number of nitrogens with zero attached hydrogens (tertiary/aromatic N) is 4. The van der Waals surface area contributed by atoms with Crippen LogP contribution in [0, 0.1) is 0 Å².